The molecule has 3 nitrogen and oxygen atoms in total. The van der Waals surface area contributed by atoms with Crippen molar-refractivity contribution in [3.05, 3.63) is 17.4 Å². The summed E-state index contributed by atoms with van der Waals surface area (Å²) in [5.74, 6) is -1.65. The summed E-state index contributed by atoms with van der Waals surface area (Å²) >= 11 is 0. The predicted molar refractivity (Wildman–Crippen MR) is 42.3 cm³/mol. The van der Waals surface area contributed by atoms with Gasteiger partial charge in [0.2, 0.25) is 5.88 Å². The zero-order valence-corrected chi connectivity index (χ0v) is 7.55. The smallest absolute Gasteiger partial charge is 0.269 e. The summed E-state index contributed by atoms with van der Waals surface area (Å²) in [7, 11) is 2.36. The molecule has 1 aromatic rings. The van der Waals surface area contributed by atoms with Crippen LogP contribution in [0, 0.1) is 5.82 Å². The van der Waals surface area contributed by atoms with Crippen molar-refractivity contribution in [3.8, 4) is 11.8 Å². The number of nitrogens with zero attached hydrogens (tertiary/aromatic N) is 1. The lowest BCUT2D eigenvalue weighted by atomic mass is 10.2. The van der Waals surface area contributed by atoms with Crippen LogP contribution in [0.25, 0.3) is 0 Å². The van der Waals surface area contributed by atoms with Crippen LogP contribution in [0.3, 0.4) is 0 Å². The highest BCUT2D eigenvalue weighted by atomic mass is 19.3. The number of aromatic nitrogens is 1. The number of hydrogen-bond acceptors (Lipinski definition) is 3. The van der Waals surface area contributed by atoms with Crippen LogP contribution in [0.5, 0.6) is 11.8 Å². The summed E-state index contributed by atoms with van der Waals surface area (Å²) in [6.45, 7) is 0. The highest BCUT2D eigenvalue weighted by molar-refractivity contribution is 5.32. The first-order chi connectivity index (χ1) is 6.60. The van der Waals surface area contributed by atoms with Gasteiger partial charge in [-0.05, 0) is 6.07 Å². The van der Waals surface area contributed by atoms with E-state index >= 15 is 0 Å². The van der Waals surface area contributed by atoms with Crippen LogP contribution in [-0.2, 0) is 0 Å². The molecule has 1 heterocycles. The topological polar surface area (TPSA) is 31.4 Å². The second-order valence-electron chi connectivity index (χ2n) is 2.38. The lowest BCUT2D eigenvalue weighted by Crippen LogP contribution is -2.00. The van der Waals surface area contributed by atoms with E-state index in [2.05, 4.69) is 14.5 Å². The average Bonchev–Trinajstić information content (AvgIpc) is 2.17. The molecular formula is C8H8F3NO2. The molecular weight excluding hydrogens is 199 g/mol. The first-order valence-corrected chi connectivity index (χ1v) is 3.66. The molecule has 0 radical (unpaired) electrons. The second kappa shape index (κ2) is 4.17. The molecule has 0 aliphatic rings. The van der Waals surface area contributed by atoms with Gasteiger partial charge in [0.15, 0.2) is 5.82 Å². The Kier molecular flexibility index (Phi) is 3.16. The van der Waals surface area contributed by atoms with Gasteiger partial charge in [-0.1, -0.05) is 0 Å². The Balaban J connectivity index is 3.24. The van der Waals surface area contributed by atoms with Gasteiger partial charge >= 0.3 is 0 Å². The Labute approximate surface area is 78.5 Å². The molecule has 0 N–H and O–H groups in total. The summed E-state index contributed by atoms with van der Waals surface area (Å²) in [4.78, 5) is 3.43. The summed E-state index contributed by atoms with van der Waals surface area (Å²) in [5.41, 5.74) is -0.592. The van der Waals surface area contributed by atoms with Crippen molar-refractivity contribution in [2.24, 2.45) is 0 Å². The van der Waals surface area contributed by atoms with Crippen molar-refractivity contribution in [3.63, 3.8) is 0 Å². The normalized spacial score (nSPS) is 10.4. The summed E-state index contributed by atoms with van der Waals surface area (Å²) in [6.07, 6.45) is -2.84. The SMILES string of the molecule is COc1nc(OC)c(C(F)F)cc1F. The van der Waals surface area contributed by atoms with Gasteiger partial charge in [0.25, 0.3) is 12.3 Å². The van der Waals surface area contributed by atoms with E-state index in [9.17, 15) is 13.2 Å². The van der Waals surface area contributed by atoms with Gasteiger partial charge in [0.05, 0.1) is 19.8 Å². The minimum Gasteiger partial charge on any atom is -0.481 e. The molecule has 14 heavy (non-hydrogen) atoms. The van der Waals surface area contributed by atoms with Crippen LogP contribution in [0.4, 0.5) is 13.2 Å². The number of alkyl halides is 2. The molecule has 6 heteroatoms. The summed E-state index contributed by atoms with van der Waals surface area (Å²) in [6, 6.07) is 0.648. The van der Waals surface area contributed by atoms with Gasteiger partial charge in [-0.2, -0.15) is 4.98 Å². The molecule has 0 aliphatic carbocycles. The van der Waals surface area contributed by atoms with Gasteiger partial charge in [-0.3, -0.25) is 0 Å². The van der Waals surface area contributed by atoms with Crippen LogP contribution in [0.2, 0.25) is 0 Å². The van der Waals surface area contributed by atoms with Gasteiger partial charge in [0.1, 0.15) is 0 Å². The monoisotopic (exact) mass is 207 g/mol. The maximum atomic E-state index is 13.0. The minimum absolute atomic E-state index is 0.335. The van der Waals surface area contributed by atoms with E-state index in [4.69, 9.17) is 0 Å². The van der Waals surface area contributed by atoms with Crippen LogP contribution in [0.1, 0.15) is 12.0 Å². The van der Waals surface area contributed by atoms with Gasteiger partial charge in [-0.15, -0.1) is 0 Å². The molecule has 0 amide bonds. The molecule has 0 spiro atoms. The number of rotatable bonds is 3. The van der Waals surface area contributed by atoms with Crippen molar-refractivity contribution in [2.45, 2.75) is 6.43 Å². The molecule has 0 aliphatic heterocycles. The maximum Gasteiger partial charge on any atom is 0.269 e. The lowest BCUT2D eigenvalue weighted by molar-refractivity contribution is 0.145. The van der Waals surface area contributed by atoms with Crippen LogP contribution < -0.4 is 9.47 Å². The van der Waals surface area contributed by atoms with Gasteiger partial charge in [0, 0.05) is 0 Å². The molecule has 0 saturated carbocycles. The first kappa shape index (κ1) is 10.6. The Morgan fingerprint density at radius 3 is 2.21 bits per heavy atom. The minimum atomic E-state index is -2.84. The predicted octanol–water partition coefficient (Wildman–Crippen LogP) is 2.18. The Bertz CT molecular complexity index is 331. The maximum absolute atomic E-state index is 13.0. The Morgan fingerprint density at radius 2 is 1.79 bits per heavy atom. The van der Waals surface area contributed by atoms with E-state index in [0.717, 1.165) is 0 Å². The summed E-state index contributed by atoms with van der Waals surface area (Å²) < 4.78 is 46.6. The molecule has 1 rings (SSSR count). The van der Waals surface area contributed by atoms with E-state index in [1.165, 1.54) is 14.2 Å². The van der Waals surface area contributed by atoms with Crippen molar-refractivity contribution >= 4 is 0 Å². The van der Waals surface area contributed by atoms with Gasteiger partial charge < -0.3 is 9.47 Å². The van der Waals surface area contributed by atoms with Crippen LogP contribution >= 0.6 is 0 Å². The van der Waals surface area contributed by atoms with Crippen molar-refractivity contribution in [1.82, 2.24) is 4.98 Å². The number of ether oxygens (including phenoxy) is 2. The zero-order chi connectivity index (χ0) is 10.7. The van der Waals surface area contributed by atoms with E-state index in [0.29, 0.717) is 6.07 Å². The Hall–Kier alpha value is -1.46. The number of pyridine rings is 1. The molecule has 0 unspecified atom stereocenters. The third-order valence-corrected chi connectivity index (χ3v) is 1.56. The van der Waals surface area contributed by atoms with Crippen molar-refractivity contribution < 1.29 is 22.6 Å². The zero-order valence-electron chi connectivity index (χ0n) is 7.55. The highest BCUT2D eigenvalue weighted by Crippen LogP contribution is 2.30. The van der Waals surface area contributed by atoms with Crippen molar-refractivity contribution in [1.29, 1.82) is 0 Å². The molecule has 0 atom stereocenters. The van der Waals surface area contributed by atoms with E-state index < -0.39 is 17.8 Å². The first-order valence-electron chi connectivity index (χ1n) is 3.66. The molecule has 1 aromatic heterocycles. The largest absolute Gasteiger partial charge is 0.481 e. The average molecular weight is 207 g/mol. The van der Waals surface area contributed by atoms with Crippen LogP contribution in [0.15, 0.2) is 6.07 Å². The third kappa shape index (κ3) is 1.89. The summed E-state index contributed by atoms with van der Waals surface area (Å²) in [5, 5.41) is 0. The van der Waals surface area contributed by atoms with Crippen LogP contribution in [-0.4, -0.2) is 19.2 Å². The fourth-order valence-corrected chi connectivity index (χ4v) is 0.933. The fraction of sp³-hybridized carbons (Fsp3) is 0.375. The molecule has 0 bridgehead atoms. The molecule has 78 valence electrons. The van der Waals surface area contributed by atoms with E-state index in [-0.39, 0.29) is 11.8 Å². The fourth-order valence-electron chi connectivity index (χ4n) is 0.933. The molecule has 0 saturated heterocycles. The molecule has 0 aromatic carbocycles. The van der Waals surface area contributed by atoms with E-state index in [1.54, 1.807) is 0 Å². The number of hydrogen-bond donors (Lipinski definition) is 0. The lowest BCUT2D eigenvalue weighted by Gasteiger charge is -2.08. The van der Waals surface area contributed by atoms with Gasteiger partial charge in [-0.25, -0.2) is 13.2 Å². The highest BCUT2D eigenvalue weighted by Gasteiger charge is 2.19. The molecule has 0 fully saturated rings. The standard InChI is InChI=1S/C8H8F3NO2/c1-13-7-4(6(10)11)3-5(9)8(12-7)14-2/h3,6H,1-2H3. The Morgan fingerprint density at radius 1 is 1.21 bits per heavy atom. The number of methoxy groups -OCH3 is 2. The van der Waals surface area contributed by atoms with Crippen molar-refractivity contribution in [2.75, 3.05) is 14.2 Å². The second-order valence-corrected chi connectivity index (χ2v) is 2.38. The number of halogens is 3. The quantitative estimate of drug-likeness (QED) is 0.761. The van der Waals surface area contributed by atoms with E-state index in [1.807, 2.05) is 0 Å². The third-order valence-electron chi connectivity index (χ3n) is 1.56.